The second-order valence-corrected chi connectivity index (χ2v) is 4.67. The van der Waals surface area contributed by atoms with E-state index in [1.807, 2.05) is 24.3 Å². The standard InChI is InChI=1S/C14H18O3/c1-10(14(15)16)12-7-5-11(6-8-12)9-17-13-3-2-4-13/h5-8,10,13H,2-4,9H2,1H3,(H,15,16). The first kappa shape index (κ1) is 12.1. The molecule has 0 aliphatic heterocycles. The molecule has 0 amide bonds. The van der Waals surface area contributed by atoms with Gasteiger partial charge in [0.15, 0.2) is 0 Å². The minimum atomic E-state index is -0.788. The number of aliphatic carboxylic acids is 1. The Bertz CT molecular complexity index is 379. The summed E-state index contributed by atoms with van der Waals surface area (Å²) in [6.07, 6.45) is 4.06. The third-order valence-electron chi connectivity index (χ3n) is 3.39. The number of hydrogen-bond donors (Lipinski definition) is 1. The summed E-state index contributed by atoms with van der Waals surface area (Å²) in [5.41, 5.74) is 1.95. The molecular weight excluding hydrogens is 216 g/mol. The molecule has 1 aliphatic carbocycles. The molecule has 0 heterocycles. The predicted molar refractivity (Wildman–Crippen MR) is 64.9 cm³/mol. The quantitative estimate of drug-likeness (QED) is 0.852. The van der Waals surface area contributed by atoms with Crippen LogP contribution < -0.4 is 0 Å². The van der Waals surface area contributed by atoms with Crippen LogP contribution in [0.15, 0.2) is 24.3 Å². The van der Waals surface area contributed by atoms with Crippen LogP contribution in [0.5, 0.6) is 0 Å². The monoisotopic (exact) mass is 234 g/mol. The Morgan fingerprint density at radius 2 is 2.06 bits per heavy atom. The van der Waals surface area contributed by atoms with Crippen molar-refractivity contribution in [1.82, 2.24) is 0 Å². The van der Waals surface area contributed by atoms with Crippen LogP contribution in [0, 0.1) is 0 Å². The molecule has 1 unspecified atom stereocenters. The number of carboxylic acid groups (broad SMARTS) is 1. The molecule has 2 rings (SSSR count). The third-order valence-corrected chi connectivity index (χ3v) is 3.39. The van der Waals surface area contributed by atoms with E-state index in [2.05, 4.69) is 0 Å². The van der Waals surface area contributed by atoms with Gasteiger partial charge in [0.25, 0.3) is 0 Å². The van der Waals surface area contributed by atoms with Gasteiger partial charge in [0.1, 0.15) is 0 Å². The molecule has 3 heteroatoms. The molecular formula is C14H18O3. The van der Waals surface area contributed by atoms with Crippen LogP contribution in [0.25, 0.3) is 0 Å². The maximum Gasteiger partial charge on any atom is 0.310 e. The van der Waals surface area contributed by atoms with Gasteiger partial charge >= 0.3 is 5.97 Å². The molecule has 3 nitrogen and oxygen atoms in total. The Kier molecular flexibility index (Phi) is 3.79. The zero-order valence-corrected chi connectivity index (χ0v) is 10.1. The zero-order valence-electron chi connectivity index (χ0n) is 10.1. The molecule has 0 aromatic heterocycles. The average Bonchev–Trinajstić information content (AvgIpc) is 2.27. The number of carbonyl (C=O) groups is 1. The number of hydrogen-bond acceptors (Lipinski definition) is 2. The van der Waals surface area contributed by atoms with Crippen molar-refractivity contribution < 1.29 is 14.6 Å². The molecule has 1 N–H and O–H groups in total. The Hall–Kier alpha value is -1.35. The fourth-order valence-electron chi connectivity index (χ4n) is 1.80. The van der Waals surface area contributed by atoms with Crippen LogP contribution in [0.3, 0.4) is 0 Å². The molecule has 1 fully saturated rings. The van der Waals surface area contributed by atoms with E-state index >= 15 is 0 Å². The molecule has 17 heavy (non-hydrogen) atoms. The molecule has 0 spiro atoms. The van der Waals surface area contributed by atoms with Gasteiger partial charge in [-0.2, -0.15) is 0 Å². The number of rotatable bonds is 5. The molecule has 1 aromatic carbocycles. The topological polar surface area (TPSA) is 46.5 Å². The average molecular weight is 234 g/mol. The molecule has 1 aromatic rings. The number of benzene rings is 1. The van der Waals surface area contributed by atoms with Gasteiger partial charge in [0, 0.05) is 0 Å². The molecule has 1 atom stereocenters. The largest absolute Gasteiger partial charge is 0.481 e. The summed E-state index contributed by atoms with van der Waals surface area (Å²) >= 11 is 0. The highest BCUT2D eigenvalue weighted by atomic mass is 16.5. The lowest BCUT2D eigenvalue weighted by Crippen LogP contribution is -2.21. The summed E-state index contributed by atoms with van der Waals surface area (Å²) in [6.45, 7) is 2.33. The molecule has 92 valence electrons. The summed E-state index contributed by atoms with van der Waals surface area (Å²) in [6, 6.07) is 7.65. The lowest BCUT2D eigenvalue weighted by atomic mass is 9.96. The van der Waals surface area contributed by atoms with E-state index in [-0.39, 0.29) is 0 Å². The van der Waals surface area contributed by atoms with Crippen LogP contribution in [0.1, 0.15) is 43.2 Å². The van der Waals surface area contributed by atoms with E-state index in [1.54, 1.807) is 6.92 Å². The molecule has 1 aliphatic rings. The van der Waals surface area contributed by atoms with Crippen LogP contribution in [0.2, 0.25) is 0 Å². The minimum Gasteiger partial charge on any atom is -0.481 e. The van der Waals surface area contributed by atoms with Crippen molar-refractivity contribution in [3.8, 4) is 0 Å². The summed E-state index contributed by atoms with van der Waals surface area (Å²) in [5, 5.41) is 8.90. The first-order valence-electron chi connectivity index (χ1n) is 6.10. The Morgan fingerprint density at radius 3 is 2.53 bits per heavy atom. The lowest BCUT2D eigenvalue weighted by Gasteiger charge is -2.25. The normalized spacial score (nSPS) is 17.5. The molecule has 0 radical (unpaired) electrons. The van der Waals surface area contributed by atoms with Gasteiger partial charge in [-0.3, -0.25) is 4.79 Å². The Labute approximate surface area is 101 Å². The van der Waals surface area contributed by atoms with Gasteiger partial charge < -0.3 is 9.84 Å². The maximum atomic E-state index is 10.8. The lowest BCUT2D eigenvalue weighted by molar-refractivity contribution is -0.138. The van der Waals surface area contributed by atoms with Gasteiger partial charge in [-0.25, -0.2) is 0 Å². The molecule has 1 saturated carbocycles. The van der Waals surface area contributed by atoms with Gasteiger partial charge in [0.2, 0.25) is 0 Å². The second kappa shape index (κ2) is 5.32. The Morgan fingerprint density at radius 1 is 1.41 bits per heavy atom. The highest BCUT2D eigenvalue weighted by Crippen LogP contribution is 2.23. The van der Waals surface area contributed by atoms with Crippen molar-refractivity contribution in [2.75, 3.05) is 0 Å². The number of carboxylic acids is 1. The van der Waals surface area contributed by atoms with Gasteiger partial charge in [-0.1, -0.05) is 24.3 Å². The highest BCUT2D eigenvalue weighted by Gasteiger charge is 2.18. The SMILES string of the molecule is CC(C(=O)O)c1ccc(COC2CCC2)cc1. The maximum absolute atomic E-state index is 10.8. The van der Waals surface area contributed by atoms with Crippen LogP contribution in [0.4, 0.5) is 0 Å². The van der Waals surface area contributed by atoms with Crippen molar-refractivity contribution in [2.24, 2.45) is 0 Å². The highest BCUT2D eigenvalue weighted by molar-refractivity contribution is 5.75. The molecule has 0 bridgehead atoms. The fourth-order valence-corrected chi connectivity index (χ4v) is 1.80. The van der Waals surface area contributed by atoms with Crippen molar-refractivity contribution in [2.45, 2.75) is 44.8 Å². The minimum absolute atomic E-state index is 0.438. The predicted octanol–water partition coefficient (Wildman–Crippen LogP) is 2.94. The molecule has 0 saturated heterocycles. The van der Waals surface area contributed by atoms with E-state index in [0.29, 0.717) is 12.7 Å². The third kappa shape index (κ3) is 3.07. The first-order valence-corrected chi connectivity index (χ1v) is 6.10. The van der Waals surface area contributed by atoms with E-state index in [4.69, 9.17) is 9.84 Å². The first-order chi connectivity index (χ1) is 8.16. The summed E-state index contributed by atoms with van der Waals surface area (Å²) in [5.74, 6) is -1.24. The Balaban J connectivity index is 1.90. The van der Waals surface area contributed by atoms with E-state index < -0.39 is 11.9 Å². The van der Waals surface area contributed by atoms with Gasteiger partial charge in [-0.05, 0) is 37.3 Å². The van der Waals surface area contributed by atoms with Crippen LogP contribution >= 0.6 is 0 Å². The summed E-state index contributed by atoms with van der Waals surface area (Å²) in [4.78, 5) is 10.8. The van der Waals surface area contributed by atoms with E-state index in [0.717, 1.165) is 11.1 Å². The van der Waals surface area contributed by atoms with E-state index in [1.165, 1.54) is 19.3 Å². The summed E-state index contributed by atoms with van der Waals surface area (Å²) in [7, 11) is 0. The van der Waals surface area contributed by atoms with Crippen molar-refractivity contribution in [1.29, 1.82) is 0 Å². The number of ether oxygens (including phenoxy) is 1. The summed E-state index contributed by atoms with van der Waals surface area (Å²) < 4.78 is 5.70. The second-order valence-electron chi connectivity index (χ2n) is 4.67. The van der Waals surface area contributed by atoms with Gasteiger partial charge in [0.05, 0.1) is 18.6 Å². The zero-order chi connectivity index (χ0) is 12.3. The van der Waals surface area contributed by atoms with E-state index in [9.17, 15) is 4.79 Å². The van der Waals surface area contributed by atoms with Crippen LogP contribution in [-0.4, -0.2) is 17.2 Å². The van der Waals surface area contributed by atoms with Gasteiger partial charge in [-0.15, -0.1) is 0 Å². The van der Waals surface area contributed by atoms with Crippen molar-refractivity contribution >= 4 is 5.97 Å². The fraction of sp³-hybridized carbons (Fsp3) is 0.500. The van der Waals surface area contributed by atoms with Crippen LogP contribution in [-0.2, 0) is 16.1 Å². The van der Waals surface area contributed by atoms with Crippen molar-refractivity contribution in [3.05, 3.63) is 35.4 Å². The van der Waals surface area contributed by atoms with Crippen molar-refractivity contribution in [3.63, 3.8) is 0 Å². The smallest absolute Gasteiger partial charge is 0.310 e.